The number of ether oxygens (including phenoxy) is 1. The van der Waals surface area contributed by atoms with Crippen molar-refractivity contribution in [3.63, 3.8) is 0 Å². The fourth-order valence-corrected chi connectivity index (χ4v) is 5.10. The quantitative estimate of drug-likeness (QED) is 0.121. The van der Waals surface area contributed by atoms with E-state index < -0.39 is 91.3 Å². The Hall–Kier alpha value is -3.80. The molecule has 0 heterocycles. The molecule has 45 heavy (non-hydrogen) atoms. The molecule has 0 aromatic heterocycles. The lowest BCUT2D eigenvalue weighted by atomic mass is 9.98. The molecule has 4 aromatic carbocycles. The van der Waals surface area contributed by atoms with Gasteiger partial charge in [-0.1, -0.05) is 43.9 Å². The Balaban J connectivity index is 1.61. The van der Waals surface area contributed by atoms with Gasteiger partial charge in [-0.2, -0.15) is 22.0 Å². The largest absolute Gasteiger partial charge is 0.431 e. The predicted molar refractivity (Wildman–Crippen MR) is 146 cm³/mol. The number of rotatable bonds is 10. The molecule has 4 rings (SSSR count). The van der Waals surface area contributed by atoms with E-state index in [4.69, 9.17) is 11.6 Å². The SMILES string of the molecule is CCCCCCc1cc(F)c(-c2cc(F)c(C(F)(F)Oc3cc(F)c(-c4ccc(C(F)(F)F)c(F)c4)c(F)c3)c(Cl)c2)c(F)c1. The number of hydrogen-bond donors (Lipinski definition) is 0. The maximum atomic E-state index is 15.1. The van der Waals surface area contributed by atoms with Crippen LogP contribution in [0.3, 0.4) is 0 Å². The normalized spacial score (nSPS) is 12.1. The smallest absolute Gasteiger partial charge is 0.429 e. The van der Waals surface area contributed by atoms with Gasteiger partial charge in [0.1, 0.15) is 46.2 Å². The van der Waals surface area contributed by atoms with Crippen LogP contribution in [0.25, 0.3) is 22.3 Å². The van der Waals surface area contributed by atoms with E-state index in [1.807, 2.05) is 6.92 Å². The van der Waals surface area contributed by atoms with Crippen LogP contribution < -0.4 is 4.74 Å². The van der Waals surface area contributed by atoms with Crippen molar-refractivity contribution in [2.24, 2.45) is 0 Å². The molecule has 4 aromatic rings. The first-order valence-corrected chi connectivity index (χ1v) is 13.8. The molecule has 0 atom stereocenters. The molecule has 0 unspecified atom stereocenters. The highest BCUT2D eigenvalue weighted by Gasteiger charge is 2.41. The Morgan fingerprint density at radius 1 is 0.622 bits per heavy atom. The number of unbranched alkanes of at least 4 members (excludes halogenated alkanes) is 3. The molecule has 1 nitrogen and oxygen atoms in total. The maximum Gasteiger partial charge on any atom is 0.431 e. The van der Waals surface area contributed by atoms with Gasteiger partial charge >= 0.3 is 12.3 Å². The van der Waals surface area contributed by atoms with Gasteiger partial charge in [0, 0.05) is 12.1 Å². The molecule has 0 aliphatic heterocycles. The highest BCUT2D eigenvalue weighted by molar-refractivity contribution is 6.31. The van der Waals surface area contributed by atoms with Crippen molar-refractivity contribution in [2.75, 3.05) is 0 Å². The summed E-state index contributed by atoms with van der Waals surface area (Å²) in [6.45, 7) is 2.00. The Morgan fingerprint density at radius 3 is 1.71 bits per heavy atom. The van der Waals surface area contributed by atoms with Gasteiger partial charge in [-0.15, -0.1) is 0 Å². The highest BCUT2D eigenvalue weighted by Crippen LogP contribution is 2.42. The number of hydrogen-bond acceptors (Lipinski definition) is 1. The van der Waals surface area contributed by atoms with Gasteiger partial charge in [0.05, 0.1) is 21.7 Å². The summed E-state index contributed by atoms with van der Waals surface area (Å²) in [6, 6.07) is 4.63. The lowest BCUT2D eigenvalue weighted by Crippen LogP contribution is -2.24. The van der Waals surface area contributed by atoms with Crippen LogP contribution in [0.5, 0.6) is 5.75 Å². The van der Waals surface area contributed by atoms with Crippen LogP contribution in [0, 0.1) is 34.9 Å². The van der Waals surface area contributed by atoms with Crippen LogP contribution in [-0.4, -0.2) is 0 Å². The predicted octanol–water partition coefficient (Wildman–Crippen LogP) is 11.8. The summed E-state index contributed by atoms with van der Waals surface area (Å²) >= 11 is 5.89. The second-order valence-electron chi connectivity index (χ2n) is 10.1. The number of halogens is 12. The lowest BCUT2D eigenvalue weighted by Gasteiger charge is -2.21. The summed E-state index contributed by atoms with van der Waals surface area (Å²) in [4.78, 5) is 0. The molecule has 0 amide bonds. The standard InChI is InChI=1S/C32H22ClF11O/c1-2-3-4-5-6-16-9-23(35)29(24(36)10-16)18-11-21(33)30(27(39)13-18)32(43,44)45-19-14-25(37)28(26(38)15-19)17-7-8-20(22(34)12-17)31(40,41)42/h7-15H,2-6H2,1H3. The molecular formula is C32H22ClF11O. The summed E-state index contributed by atoms with van der Waals surface area (Å²) in [6.07, 6.45) is -5.96. The van der Waals surface area contributed by atoms with Crippen LogP contribution in [0.4, 0.5) is 48.3 Å². The molecule has 0 bridgehead atoms. The van der Waals surface area contributed by atoms with Crippen molar-refractivity contribution in [1.29, 1.82) is 0 Å². The summed E-state index contributed by atoms with van der Waals surface area (Å²) in [7, 11) is 0. The third-order valence-corrected chi connectivity index (χ3v) is 7.17. The fraction of sp³-hybridized carbons (Fsp3) is 0.250. The lowest BCUT2D eigenvalue weighted by molar-refractivity contribution is -0.187. The second kappa shape index (κ2) is 13.3. The molecule has 0 saturated heterocycles. The van der Waals surface area contributed by atoms with Crippen LogP contribution >= 0.6 is 11.6 Å². The van der Waals surface area contributed by atoms with Crippen molar-refractivity contribution < 1.29 is 53.0 Å². The highest BCUT2D eigenvalue weighted by atomic mass is 35.5. The molecule has 0 saturated carbocycles. The maximum absolute atomic E-state index is 15.1. The Bertz CT molecular complexity index is 1650. The Labute approximate surface area is 255 Å². The molecule has 0 spiro atoms. The molecule has 0 aliphatic carbocycles. The molecule has 0 aliphatic rings. The van der Waals surface area contributed by atoms with E-state index in [1.165, 1.54) is 0 Å². The number of aryl methyl sites for hydroxylation is 1. The topological polar surface area (TPSA) is 9.23 Å². The van der Waals surface area contributed by atoms with Crippen LogP contribution in [0.15, 0.2) is 54.6 Å². The van der Waals surface area contributed by atoms with E-state index in [9.17, 15) is 35.1 Å². The van der Waals surface area contributed by atoms with Gasteiger partial charge in [0.15, 0.2) is 0 Å². The average Bonchev–Trinajstić information content (AvgIpc) is 2.89. The minimum absolute atomic E-state index is 0.211. The van der Waals surface area contributed by atoms with Gasteiger partial charge in [-0.3, -0.25) is 0 Å². The van der Waals surface area contributed by atoms with Crippen molar-refractivity contribution in [1.82, 2.24) is 0 Å². The van der Waals surface area contributed by atoms with Gasteiger partial charge in [-0.05, 0) is 65.9 Å². The van der Waals surface area contributed by atoms with Crippen molar-refractivity contribution >= 4 is 11.6 Å². The van der Waals surface area contributed by atoms with Crippen LogP contribution in [-0.2, 0) is 18.7 Å². The fourth-order valence-electron chi connectivity index (χ4n) is 4.78. The van der Waals surface area contributed by atoms with Crippen molar-refractivity contribution in [3.05, 3.63) is 111 Å². The first-order valence-electron chi connectivity index (χ1n) is 13.4. The molecule has 0 radical (unpaired) electrons. The van der Waals surface area contributed by atoms with E-state index in [0.717, 1.165) is 31.4 Å². The van der Waals surface area contributed by atoms with E-state index in [1.54, 1.807) is 0 Å². The van der Waals surface area contributed by atoms with Gasteiger partial charge < -0.3 is 4.74 Å². The van der Waals surface area contributed by atoms with E-state index >= 15 is 13.2 Å². The first-order chi connectivity index (χ1) is 21.0. The van der Waals surface area contributed by atoms with Gasteiger partial charge in [0.2, 0.25) is 0 Å². The molecule has 0 N–H and O–H groups in total. The third-order valence-electron chi connectivity index (χ3n) is 6.87. The summed E-state index contributed by atoms with van der Waals surface area (Å²) in [5.41, 5.74) is -5.92. The molecular weight excluding hydrogens is 645 g/mol. The zero-order chi connectivity index (χ0) is 33.3. The number of benzene rings is 4. The van der Waals surface area contributed by atoms with Gasteiger partial charge in [-0.25, -0.2) is 26.3 Å². The second-order valence-corrected chi connectivity index (χ2v) is 10.5. The Kier molecular flexibility index (Phi) is 10.1. The molecule has 13 heteroatoms. The average molecular weight is 667 g/mol. The summed E-state index contributed by atoms with van der Waals surface area (Å²) in [5.74, 6) is -10.2. The molecule has 240 valence electrons. The Morgan fingerprint density at radius 2 is 1.18 bits per heavy atom. The van der Waals surface area contributed by atoms with E-state index in [0.29, 0.717) is 36.6 Å². The van der Waals surface area contributed by atoms with Gasteiger partial charge in [0.25, 0.3) is 0 Å². The zero-order valence-electron chi connectivity index (χ0n) is 23.2. The zero-order valence-corrected chi connectivity index (χ0v) is 23.9. The molecule has 0 fully saturated rings. The number of alkyl halides is 5. The minimum Gasteiger partial charge on any atom is -0.429 e. The summed E-state index contributed by atoms with van der Waals surface area (Å²) in [5, 5.41) is -1.03. The summed E-state index contributed by atoms with van der Waals surface area (Å²) < 4.78 is 161. The van der Waals surface area contributed by atoms with Crippen LogP contribution in [0.2, 0.25) is 5.02 Å². The minimum atomic E-state index is -5.09. The van der Waals surface area contributed by atoms with Crippen molar-refractivity contribution in [2.45, 2.75) is 51.3 Å². The van der Waals surface area contributed by atoms with E-state index in [2.05, 4.69) is 4.74 Å². The van der Waals surface area contributed by atoms with Crippen LogP contribution in [0.1, 0.15) is 49.3 Å². The third kappa shape index (κ3) is 7.54. The van der Waals surface area contributed by atoms with Crippen molar-refractivity contribution in [3.8, 4) is 28.0 Å². The van der Waals surface area contributed by atoms with E-state index in [-0.39, 0.29) is 24.3 Å². The monoisotopic (exact) mass is 666 g/mol. The first kappa shape index (κ1) is 34.1.